The highest BCUT2D eigenvalue weighted by Crippen LogP contribution is 2.27. The highest BCUT2D eigenvalue weighted by atomic mass is 31.2. The van der Waals surface area contributed by atoms with Crippen molar-refractivity contribution < 1.29 is 43.1 Å². The van der Waals surface area contributed by atoms with Gasteiger partial charge in [-0.15, -0.1) is 0 Å². The lowest BCUT2D eigenvalue weighted by Gasteiger charge is -1.84. The summed E-state index contributed by atoms with van der Waals surface area (Å²) >= 11 is 0. The molecule has 11 nitrogen and oxygen atoms in total. The molecule has 10 N–H and O–H groups in total. The average molecular weight is 348 g/mol. The molecule has 0 aliphatic carbocycles. The zero-order valence-electron chi connectivity index (χ0n) is 10.8. The van der Waals surface area contributed by atoms with E-state index in [1.807, 2.05) is 0 Å². The van der Waals surface area contributed by atoms with Crippen molar-refractivity contribution >= 4 is 22.8 Å². The molecule has 0 saturated heterocycles. The Labute approximate surface area is 111 Å². The van der Waals surface area contributed by atoms with E-state index < -0.39 is 22.8 Å². The molecule has 0 atom stereocenters. The van der Waals surface area contributed by atoms with Gasteiger partial charge in [0.05, 0.1) is 0 Å². The van der Waals surface area contributed by atoms with Crippen LogP contribution in [0.2, 0.25) is 0 Å². The van der Waals surface area contributed by atoms with Crippen LogP contribution in [-0.4, -0.2) is 62.4 Å². The third kappa shape index (κ3) is 2620. The Bertz CT molecular complexity index is 243. The van der Waals surface area contributed by atoms with E-state index in [4.69, 9.17) is 40.8 Å². The van der Waals surface area contributed by atoms with Crippen molar-refractivity contribution in [1.82, 2.24) is 0 Å². The molecule has 0 bridgehead atoms. The molecule has 0 unspecified atom stereocenters. The topological polar surface area (TPSA) is 225 Å². The lowest BCUT2D eigenvalue weighted by Crippen LogP contribution is -2.11. The maximum absolute atomic E-state index is 9.33. The molecule has 0 rings (SSSR count). The highest BCUT2D eigenvalue weighted by molar-refractivity contribution is 7.51. The molecule has 14 heteroatoms. The molecule has 0 radical (unpaired) electrons. The number of nitrogens with two attached hydrogens (primary N) is 2. The second kappa shape index (κ2) is 13.4. The molecule has 0 aromatic heterocycles. The maximum atomic E-state index is 9.33. The molecule has 0 amide bonds. The molecule has 0 aliphatic heterocycles. The van der Waals surface area contributed by atoms with Crippen LogP contribution in [0, 0.1) is 0 Å². The first-order chi connectivity index (χ1) is 7.91. The molecule has 0 aromatic carbocycles. The minimum absolute atomic E-state index is 0.597. The number of hydrogen-bond acceptors (Lipinski definition) is 5. The molecule has 0 fully saturated rings. The van der Waals surface area contributed by atoms with E-state index in [2.05, 4.69) is 0 Å². The van der Waals surface area contributed by atoms with E-state index in [9.17, 15) is 13.7 Å². The summed E-state index contributed by atoms with van der Waals surface area (Å²) in [6.07, 6.45) is 0. The second-order valence-electron chi connectivity index (χ2n) is 3.08. The molecule has 122 valence electrons. The van der Waals surface area contributed by atoms with E-state index >= 15 is 0 Å². The van der Waals surface area contributed by atoms with Gasteiger partial charge in [-0.3, -0.25) is 13.7 Å². The van der Waals surface area contributed by atoms with Crippen LogP contribution < -0.4 is 11.5 Å². The fourth-order valence-corrected chi connectivity index (χ4v) is 0. The molecule has 19 heavy (non-hydrogen) atoms. The summed E-state index contributed by atoms with van der Waals surface area (Å²) in [5.74, 6) is 0. The predicted molar refractivity (Wildman–Crippen MR) is 72.0 cm³/mol. The van der Waals surface area contributed by atoms with Gasteiger partial charge in [-0.05, 0) is 0 Å². The first-order valence-corrected chi connectivity index (χ1v) is 10.6. The number of hydrogen-bond donors (Lipinski definition) is 8. The van der Waals surface area contributed by atoms with Gasteiger partial charge in [0.15, 0.2) is 0 Å². The van der Waals surface area contributed by atoms with Crippen LogP contribution in [0.4, 0.5) is 0 Å². The number of rotatable bonds is 1. The van der Waals surface area contributed by atoms with E-state index in [1.165, 1.54) is 0 Å². The normalized spacial score (nSPS) is 10.9. The third-order valence-electron chi connectivity index (χ3n) is 0.167. The van der Waals surface area contributed by atoms with E-state index in [-0.39, 0.29) is 0 Å². The first kappa shape index (κ1) is 27.7. The average Bonchev–Trinajstić information content (AvgIpc) is 1.93. The fraction of sp³-hybridized carbons (Fsp3) is 1.00. The Hall–Kier alpha value is 0.370. The fourth-order valence-electron chi connectivity index (χ4n) is 0. The van der Waals surface area contributed by atoms with Gasteiger partial charge >= 0.3 is 22.8 Å². The van der Waals surface area contributed by atoms with Gasteiger partial charge in [0.25, 0.3) is 0 Å². The Kier molecular flexibility index (Phi) is 19.5. The minimum atomic E-state index is -3.64. The van der Waals surface area contributed by atoms with Crippen LogP contribution in [-0.2, 0) is 13.7 Å². The monoisotopic (exact) mass is 348 g/mol. The van der Waals surface area contributed by atoms with Gasteiger partial charge in [0.1, 0.15) is 0 Å². The summed E-state index contributed by atoms with van der Waals surface area (Å²) in [4.78, 5) is 45.8. The van der Waals surface area contributed by atoms with Gasteiger partial charge < -0.3 is 40.8 Å². The molecule has 0 aromatic rings. The summed E-state index contributed by atoms with van der Waals surface area (Å²) in [6.45, 7) is 3.76. The largest absolute Gasteiger partial charge is 0.329 e. The predicted octanol–water partition coefficient (Wildman–Crippen LogP) is -1.71. The quantitative estimate of drug-likeness (QED) is 0.249. The molecule has 0 saturated carbocycles. The van der Waals surface area contributed by atoms with Crippen molar-refractivity contribution in [2.75, 3.05) is 33.1 Å². The second-order valence-corrected chi connectivity index (χ2v) is 8.10. The van der Waals surface area contributed by atoms with Crippen molar-refractivity contribution in [3.05, 3.63) is 0 Å². The summed E-state index contributed by atoms with van der Waals surface area (Å²) in [6, 6.07) is 0. The molecule has 0 aliphatic rings. The van der Waals surface area contributed by atoms with Gasteiger partial charge in [-0.2, -0.15) is 0 Å². The van der Waals surface area contributed by atoms with Gasteiger partial charge in [-0.1, -0.05) is 0 Å². The molecular formula is C5H23N2O9P3. The van der Waals surface area contributed by atoms with Crippen LogP contribution in [0.5, 0.6) is 0 Å². The Morgan fingerprint density at radius 2 is 0.684 bits per heavy atom. The van der Waals surface area contributed by atoms with Crippen LogP contribution in [0.15, 0.2) is 0 Å². The van der Waals surface area contributed by atoms with Crippen molar-refractivity contribution in [2.24, 2.45) is 11.5 Å². The summed E-state index contributed by atoms with van der Waals surface area (Å²) < 4.78 is 28.0. The lowest BCUT2D eigenvalue weighted by atomic mass is 10.7. The summed E-state index contributed by atoms with van der Waals surface area (Å²) in [5, 5.41) is 0. The minimum Gasteiger partial charge on any atom is -0.329 e. The summed E-state index contributed by atoms with van der Waals surface area (Å²) in [7, 11) is -10.9. The zero-order chi connectivity index (χ0) is 16.9. The van der Waals surface area contributed by atoms with Crippen molar-refractivity contribution in [1.29, 1.82) is 0 Å². The van der Waals surface area contributed by atoms with Crippen LogP contribution in [0.1, 0.15) is 0 Å². The highest BCUT2D eigenvalue weighted by Gasteiger charge is 1.96. The van der Waals surface area contributed by atoms with Crippen LogP contribution >= 0.6 is 22.8 Å². The van der Waals surface area contributed by atoms with E-state index in [0.717, 1.165) is 20.0 Å². The van der Waals surface area contributed by atoms with Crippen LogP contribution in [0.25, 0.3) is 0 Å². The molecule has 0 spiro atoms. The third-order valence-corrected chi connectivity index (χ3v) is 0.167. The zero-order valence-corrected chi connectivity index (χ0v) is 13.5. The standard InChI is InChI=1S/C2H8N2.3CH5O3P/c3-1-2-4;3*1-5(2,3)4/h1-4H2;3*1H3,(H2,2,3,4). The van der Waals surface area contributed by atoms with Crippen molar-refractivity contribution in [3.63, 3.8) is 0 Å². The van der Waals surface area contributed by atoms with Crippen molar-refractivity contribution in [3.8, 4) is 0 Å². The molecular weight excluding hydrogens is 325 g/mol. The Morgan fingerprint density at radius 3 is 0.684 bits per heavy atom. The Balaban J connectivity index is -0.0000000793. The van der Waals surface area contributed by atoms with Gasteiger partial charge in [-0.25, -0.2) is 0 Å². The lowest BCUT2D eigenvalue weighted by molar-refractivity contribution is 0.379. The van der Waals surface area contributed by atoms with E-state index in [1.54, 1.807) is 0 Å². The van der Waals surface area contributed by atoms with Crippen molar-refractivity contribution in [2.45, 2.75) is 0 Å². The molecule has 0 heterocycles. The maximum Gasteiger partial charge on any atom is 0.322 e. The van der Waals surface area contributed by atoms with E-state index in [0.29, 0.717) is 13.1 Å². The van der Waals surface area contributed by atoms with Gasteiger partial charge in [0.2, 0.25) is 0 Å². The Morgan fingerprint density at radius 1 is 0.632 bits per heavy atom. The SMILES string of the molecule is CP(=O)(O)O.CP(=O)(O)O.CP(=O)(O)O.NCCN. The van der Waals surface area contributed by atoms with Gasteiger partial charge in [0, 0.05) is 33.1 Å². The summed E-state index contributed by atoms with van der Waals surface area (Å²) in [5.41, 5.74) is 9.81. The first-order valence-electron chi connectivity index (χ1n) is 4.41. The van der Waals surface area contributed by atoms with Crippen LogP contribution in [0.3, 0.4) is 0 Å². The smallest absolute Gasteiger partial charge is 0.322 e.